The molecule has 0 saturated carbocycles. The van der Waals surface area contributed by atoms with E-state index in [4.69, 9.17) is 0 Å². The minimum Gasteiger partial charge on any atom is -0.378 e. The van der Waals surface area contributed by atoms with Crippen molar-refractivity contribution < 1.29 is 4.79 Å². The molecule has 2 aromatic rings. The number of carbonyl (C=O) groups is 1. The van der Waals surface area contributed by atoms with Crippen LogP contribution in [0.5, 0.6) is 0 Å². The molecule has 114 valence electrons. The topological polar surface area (TPSA) is 63.1 Å². The molecule has 0 radical (unpaired) electrons. The molecule has 6 heteroatoms. The first-order valence-electron chi connectivity index (χ1n) is 7.14. The Morgan fingerprint density at radius 2 is 1.95 bits per heavy atom. The molecule has 0 fully saturated rings. The van der Waals surface area contributed by atoms with Crippen LogP contribution in [-0.2, 0) is 4.79 Å². The number of ketones is 1. The molecule has 0 unspecified atom stereocenters. The molecule has 0 aliphatic carbocycles. The molecule has 3 rings (SSSR count). The van der Waals surface area contributed by atoms with Gasteiger partial charge in [-0.2, -0.15) is 10.1 Å². The summed E-state index contributed by atoms with van der Waals surface area (Å²) in [7, 11) is 4.00. The van der Waals surface area contributed by atoms with E-state index in [1.165, 1.54) is 6.33 Å². The van der Waals surface area contributed by atoms with Gasteiger partial charge in [0.1, 0.15) is 12.4 Å². The number of carbonyl (C=O) groups excluding carboxylic acids is 1. The smallest absolute Gasteiger partial charge is 0.226 e. The van der Waals surface area contributed by atoms with Crippen molar-refractivity contribution in [2.24, 2.45) is 0 Å². The van der Waals surface area contributed by atoms with Crippen molar-refractivity contribution in [3.8, 4) is 0 Å². The van der Waals surface area contributed by atoms with Crippen LogP contribution < -0.4 is 10.2 Å². The quantitative estimate of drug-likeness (QED) is 0.941. The first-order chi connectivity index (χ1) is 10.5. The zero-order valence-corrected chi connectivity index (χ0v) is 13.2. The maximum absolute atomic E-state index is 12.1. The van der Waals surface area contributed by atoms with Gasteiger partial charge in [-0.05, 0) is 31.5 Å². The van der Waals surface area contributed by atoms with Gasteiger partial charge in [-0.25, -0.2) is 4.68 Å². The van der Waals surface area contributed by atoms with E-state index in [-0.39, 0.29) is 11.8 Å². The number of aromatic nitrogens is 3. The van der Waals surface area contributed by atoms with Crippen molar-refractivity contribution in [2.75, 3.05) is 24.3 Å². The minimum absolute atomic E-state index is 0.0350. The van der Waals surface area contributed by atoms with Crippen molar-refractivity contribution in [3.05, 3.63) is 47.4 Å². The van der Waals surface area contributed by atoms with E-state index in [9.17, 15) is 4.79 Å². The second kappa shape index (κ2) is 5.29. The first kappa shape index (κ1) is 14.3. The highest BCUT2D eigenvalue weighted by molar-refractivity contribution is 5.96. The fourth-order valence-electron chi connectivity index (χ4n) is 2.81. The van der Waals surface area contributed by atoms with Crippen LogP contribution in [0, 0.1) is 0 Å². The number of rotatable bonds is 3. The molecule has 1 aliphatic rings. The summed E-state index contributed by atoms with van der Waals surface area (Å²) in [6.45, 7) is 3.49. The molecule has 1 aromatic heterocycles. The van der Waals surface area contributed by atoms with Crippen LogP contribution in [0.4, 0.5) is 11.6 Å². The summed E-state index contributed by atoms with van der Waals surface area (Å²) in [5, 5.41) is 7.43. The summed E-state index contributed by atoms with van der Waals surface area (Å²) < 4.78 is 1.76. The molecule has 2 heterocycles. The molecule has 6 nitrogen and oxygen atoms in total. The molecular weight excluding hydrogens is 278 g/mol. The highest BCUT2D eigenvalue weighted by Gasteiger charge is 2.31. The van der Waals surface area contributed by atoms with E-state index in [0.29, 0.717) is 5.95 Å². The monoisotopic (exact) mass is 297 g/mol. The van der Waals surface area contributed by atoms with Gasteiger partial charge in [0.15, 0.2) is 5.78 Å². The van der Waals surface area contributed by atoms with Crippen LogP contribution in [0.15, 0.2) is 41.9 Å². The lowest BCUT2D eigenvalue weighted by Gasteiger charge is -2.28. The van der Waals surface area contributed by atoms with E-state index in [0.717, 1.165) is 22.5 Å². The average molecular weight is 297 g/mol. The van der Waals surface area contributed by atoms with Gasteiger partial charge < -0.3 is 10.2 Å². The van der Waals surface area contributed by atoms with Gasteiger partial charge in [-0.15, -0.1) is 0 Å². The van der Waals surface area contributed by atoms with Gasteiger partial charge in [0.25, 0.3) is 0 Å². The second-order valence-corrected chi connectivity index (χ2v) is 5.64. The number of nitrogens with zero attached hydrogens (tertiary/aromatic N) is 4. The van der Waals surface area contributed by atoms with E-state index >= 15 is 0 Å². The van der Waals surface area contributed by atoms with Gasteiger partial charge >= 0.3 is 0 Å². The number of fused-ring (bicyclic) bond motifs is 1. The van der Waals surface area contributed by atoms with E-state index in [1.807, 2.05) is 50.2 Å². The molecular formula is C16H19N5O. The molecule has 0 bridgehead atoms. The Kier molecular flexibility index (Phi) is 3.44. The minimum atomic E-state index is -0.243. The van der Waals surface area contributed by atoms with Gasteiger partial charge in [-0.1, -0.05) is 12.1 Å². The summed E-state index contributed by atoms with van der Waals surface area (Å²) in [4.78, 5) is 18.4. The lowest BCUT2D eigenvalue weighted by Crippen LogP contribution is -2.27. The number of benzene rings is 1. The van der Waals surface area contributed by atoms with Crippen molar-refractivity contribution in [2.45, 2.75) is 19.9 Å². The molecule has 0 spiro atoms. The first-order valence-corrected chi connectivity index (χ1v) is 7.14. The van der Waals surface area contributed by atoms with Crippen molar-refractivity contribution >= 4 is 17.4 Å². The number of hydrogen-bond donors (Lipinski definition) is 1. The molecule has 1 aromatic carbocycles. The Bertz CT molecular complexity index is 742. The van der Waals surface area contributed by atoms with Gasteiger partial charge in [0.05, 0.1) is 0 Å². The molecule has 1 aliphatic heterocycles. The zero-order chi connectivity index (χ0) is 15.9. The van der Waals surface area contributed by atoms with Crippen LogP contribution in [0.3, 0.4) is 0 Å². The van der Waals surface area contributed by atoms with Crippen LogP contribution in [0.2, 0.25) is 0 Å². The van der Waals surface area contributed by atoms with Crippen LogP contribution in [0.25, 0.3) is 0 Å². The van der Waals surface area contributed by atoms with Crippen molar-refractivity contribution in [3.63, 3.8) is 0 Å². The maximum Gasteiger partial charge on any atom is 0.226 e. The maximum atomic E-state index is 12.1. The van der Waals surface area contributed by atoms with Crippen molar-refractivity contribution in [1.29, 1.82) is 0 Å². The van der Waals surface area contributed by atoms with Crippen LogP contribution in [-0.4, -0.2) is 34.6 Å². The van der Waals surface area contributed by atoms with Crippen molar-refractivity contribution in [1.82, 2.24) is 14.8 Å². The van der Waals surface area contributed by atoms with E-state index in [2.05, 4.69) is 15.4 Å². The fourth-order valence-corrected chi connectivity index (χ4v) is 2.81. The predicted molar refractivity (Wildman–Crippen MR) is 85.9 cm³/mol. The third-order valence-electron chi connectivity index (χ3n) is 3.90. The lowest BCUT2D eigenvalue weighted by molar-refractivity contribution is -0.114. The predicted octanol–water partition coefficient (Wildman–Crippen LogP) is 2.22. The Labute approximate surface area is 129 Å². The van der Waals surface area contributed by atoms with Crippen LogP contribution in [0.1, 0.15) is 25.5 Å². The Hall–Kier alpha value is -2.63. The lowest BCUT2D eigenvalue weighted by atomic mass is 9.93. The second-order valence-electron chi connectivity index (χ2n) is 5.64. The summed E-state index contributed by atoms with van der Waals surface area (Å²) in [5.74, 6) is 0.692. The number of anilines is 2. The third-order valence-corrected chi connectivity index (χ3v) is 3.90. The summed E-state index contributed by atoms with van der Waals surface area (Å²) in [5.41, 5.74) is 3.68. The molecule has 1 atom stereocenters. The summed E-state index contributed by atoms with van der Waals surface area (Å²) in [6.07, 6.45) is 1.50. The Morgan fingerprint density at radius 1 is 1.27 bits per heavy atom. The molecule has 1 N–H and O–H groups in total. The van der Waals surface area contributed by atoms with Crippen LogP contribution >= 0.6 is 0 Å². The zero-order valence-electron chi connectivity index (χ0n) is 13.2. The number of hydrogen-bond acceptors (Lipinski definition) is 5. The third kappa shape index (κ3) is 2.26. The van der Waals surface area contributed by atoms with E-state index in [1.54, 1.807) is 11.6 Å². The van der Waals surface area contributed by atoms with Gasteiger partial charge in [0.2, 0.25) is 5.95 Å². The van der Waals surface area contributed by atoms with Gasteiger partial charge in [-0.3, -0.25) is 4.79 Å². The molecule has 0 amide bonds. The molecule has 0 saturated heterocycles. The SMILES string of the molecule is CC(=O)C1=C(C)Nc2ncnn2[C@@H]1c1ccc(N(C)C)cc1. The average Bonchev–Trinajstić information content (AvgIpc) is 2.93. The highest BCUT2D eigenvalue weighted by atomic mass is 16.1. The highest BCUT2D eigenvalue weighted by Crippen LogP contribution is 2.35. The Balaban J connectivity index is 2.12. The Morgan fingerprint density at radius 3 is 2.55 bits per heavy atom. The summed E-state index contributed by atoms with van der Waals surface area (Å²) >= 11 is 0. The number of allylic oxidation sites excluding steroid dienone is 2. The number of Topliss-reactive ketones (excluding diaryl/α,β-unsaturated/α-hetero) is 1. The fraction of sp³-hybridized carbons (Fsp3) is 0.312. The van der Waals surface area contributed by atoms with Gasteiger partial charge in [0, 0.05) is 31.1 Å². The molecule has 22 heavy (non-hydrogen) atoms. The standard InChI is InChI=1S/C16H19N5O/c1-10-14(11(2)22)15(21-16(19-10)17-9-18-21)12-5-7-13(8-6-12)20(3)4/h5-9,15H,1-4H3,(H,17,18,19)/t15-/m1/s1. The van der Waals surface area contributed by atoms with E-state index < -0.39 is 0 Å². The largest absolute Gasteiger partial charge is 0.378 e. The summed E-state index contributed by atoms with van der Waals surface area (Å²) in [6, 6.07) is 7.91. The number of nitrogens with one attached hydrogen (secondary N) is 1. The normalized spacial score (nSPS) is 17.0.